The first kappa shape index (κ1) is 14.0. The third-order valence-electron chi connectivity index (χ3n) is 3.27. The smallest absolute Gasteiger partial charge is 0.272 e. The number of nitrogens with one attached hydrogen (secondary N) is 1. The second-order valence-corrected chi connectivity index (χ2v) is 4.64. The number of rotatable bonds is 4. The van der Waals surface area contributed by atoms with Gasteiger partial charge in [0.15, 0.2) is 0 Å². The number of halogens is 1. The van der Waals surface area contributed by atoms with Crippen LogP contribution in [0.15, 0.2) is 36.4 Å². The zero-order valence-corrected chi connectivity index (χ0v) is 11.3. The summed E-state index contributed by atoms with van der Waals surface area (Å²) >= 11 is 0. The van der Waals surface area contributed by atoms with Crippen LogP contribution in [0.4, 0.5) is 15.8 Å². The lowest BCUT2D eigenvalue weighted by Crippen LogP contribution is -2.03. The minimum Gasteiger partial charge on any atom is -0.381 e. The highest BCUT2D eigenvalue weighted by Crippen LogP contribution is 2.22. The molecule has 1 N–H and O–H groups in total. The van der Waals surface area contributed by atoms with E-state index in [9.17, 15) is 14.5 Å². The molecule has 20 heavy (non-hydrogen) atoms. The van der Waals surface area contributed by atoms with Gasteiger partial charge in [0, 0.05) is 23.9 Å². The molecule has 2 aromatic carbocycles. The van der Waals surface area contributed by atoms with Crippen molar-refractivity contribution in [2.45, 2.75) is 20.4 Å². The molecule has 0 aliphatic rings. The van der Waals surface area contributed by atoms with Gasteiger partial charge >= 0.3 is 0 Å². The molecule has 0 heterocycles. The van der Waals surface area contributed by atoms with Crippen LogP contribution in [0.1, 0.15) is 16.7 Å². The van der Waals surface area contributed by atoms with E-state index in [1.165, 1.54) is 12.1 Å². The molecule has 0 fully saturated rings. The van der Waals surface area contributed by atoms with E-state index >= 15 is 0 Å². The molecule has 0 bridgehead atoms. The van der Waals surface area contributed by atoms with Gasteiger partial charge in [-0.1, -0.05) is 18.2 Å². The Labute approximate surface area is 116 Å². The van der Waals surface area contributed by atoms with Crippen LogP contribution in [-0.2, 0) is 6.54 Å². The Morgan fingerprint density at radius 1 is 1.25 bits per heavy atom. The summed E-state index contributed by atoms with van der Waals surface area (Å²) < 4.78 is 13.4. The SMILES string of the molecule is Cc1ccc(NCc2cccc([N+](=O)[O-])c2C)cc1F. The molecule has 0 aliphatic carbocycles. The zero-order chi connectivity index (χ0) is 14.7. The van der Waals surface area contributed by atoms with Gasteiger partial charge < -0.3 is 5.32 Å². The zero-order valence-electron chi connectivity index (χ0n) is 11.3. The van der Waals surface area contributed by atoms with E-state index in [-0.39, 0.29) is 11.5 Å². The molecular weight excluding hydrogens is 259 g/mol. The van der Waals surface area contributed by atoms with Crippen LogP contribution in [0.25, 0.3) is 0 Å². The van der Waals surface area contributed by atoms with Gasteiger partial charge in [-0.2, -0.15) is 0 Å². The van der Waals surface area contributed by atoms with Crippen molar-refractivity contribution in [1.29, 1.82) is 0 Å². The van der Waals surface area contributed by atoms with Gasteiger partial charge in [-0.25, -0.2) is 4.39 Å². The molecule has 2 aromatic rings. The lowest BCUT2D eigenvalue weighted by atomic mass is 10.1. The molecular formula is C15H15FN2O2. The monoisotopic (exact) mass is 274 g/mol. The maximum Gasteiger partial charge on any atom is 0.272 e. The van der Waals surface area contributed by atoms with Gasteiger partial charge in [0.25, 0.3) is 5.69 Å². The van der Waals surface area contributed by atoms with Crippen LogP contribution in [0.2, 0.25) is 0 Å². The predicted octanol–water partition coefficient (Wildman–Crippen LogP) is 3.96. The lowest BCUT2D eigenvalue weighted by Gasteiger charge is -2.10. The largest absolute Gasteiger partial charge is 0.381 e. The van der Waals surface area contributed by atoms with Crippen LogP contribution < -0.4 is 5.32 Å². The summed E-state index contributed by atoms with van der Waals surface area (Å²) in [5, 5.41) is 13.9. The van der Waals surface area contributed by atoms with Crippen LogP contribution in [0, 0.1) is 29.8 Å². The van der Waals surface area contributed by atoms with Crippen LogP contribution in [0.3, 0.4) is 0 Å². The highest BCUT2D eigenvalue weighted by atomic mass is 19.1. The number of hydrogen-bond acceptors (Lipinski definition) is 3. The van der Waals surface area contributed by atoms with E-state index in [2.05, 4.69) is 5.32 Å². The summed E-state index contributed by atoms with van der Waals surface area (Å²) in [5.41, 5.74) is 2.78. The average molecular weight is 274 g/mol. The first-order valence-corrected chi connectivity index (χ1v) is 6.22. The van der Waals surface area contributed by atoms with Crippen molar-refractivity contribution in [3.8, 4) is 0 Å². The fraction of sp³-hybridized carbons (Fsp3) is 0.200. The Morgan fingerprint density at radius 3 is 2.65 bits per heavy atom. The number of nitro groups is 1. The van der Waals surface area contributed by atoms with Crippen molar-refractivity contribution >= 4 is 11.4 Å². The van der Waals surface area contributed by atoms with Gasteiger partial charge in [0.05, 0.1) is 4.92 Å². The minimum atomic E-state index is -0.398. The Balaban J connectivity index is 2.17. The second-order valence-electron chi connectivity index (χ2n) is 4.64. The normalized spacial score (nSPS) is 10.3. The summed E-state index contributed by atoms with van der Waals surface area (Å²) in [4.78, 5) is 10.5. The molecule has 0 radical (unpaired) electrons. The Bertz CT molecular complexity index is 656. The maximum absolute atomic E-state index is 13.4. The van der Waals surface area contributed by atoms with Crippen LogP contribution in [-0.4, -0.2) is 4.92 Å². The molecule has 0 atom stereocenters. The van der Waals surface area contributed by atoms with Gasteiger partial charge in [-0.3, -0.25) is 10.1 Å². The third-order valence-corrected chi connectivity index (χ3v) is 3.27. The molecule has 0 saturated carbocycles. The topological polar surface area (TPSA) is 55.2 Å². The Hall–Kier alpha value is -2.43. The maximum atomic E-state index is 13.4. The molecule has 5 heteroatoms. The summed E-state index contributed by atoms with van der Waals surface area (Å²) in [6.07, 6.45) is 0. The van der Waals surface area contributed by atoms with Gasteiger partial charge in [0.1, 0.15) is 5.82 Å². The first-order valence-electron chi connectivity index (χ1n) is 6.22. The van der Waals surface area contributed by atoms with Gasteiger partial charge in [-0.05, 0) is 37.1 Å². The summed E-state index contributed by atoms with van der Waals surface area (Å²) in [6.45, 7) is 3.82. The third kappa shape index (κ3) is 2.93. The Kier molecular flexibility index (Phi) is 3.98. The molecule has 0 amide bonds. The molecule has 0 spiro atoms. The molecule has 4 nitrogen and oxygen atoms in total. The standard InChI is InChI=1S/C15H15FN2O2/c1-10-6-7-13(8-14(10)16)17-9-12-4-3-5-15(11(12)2)18(19)20/h3-8,17H,9H2,1-2H3. The molecule has 0 unspecified atom stereocenters. The van der Waals surface area contributed by atoms with E-state index < -0.39 is 4.92 Å². The van der Waals surface area contributed by atoms with Crippen molar-refractivity contribution in [3.63, 3.8) is 0 Å². The molecule has 0 aromatic heterocycles. The summed E-state index contributed by atoms with van der Waals surface area (Å²) in [5.74, 6) is -0.272. The summed E-state index contributed by atoms with van der Waals surface area (Å²) in [7, 11) is 0. The number of nitrogens with zero attached hydrogens (tertiary/aromatic N) is 1. The van der Waals surface area contributed by atoms with Crippen molar-refractivity contribution in [3.05, 3.63) is 69.0 Å². The fourth-order valence-corrected chi connectivity index (χ4v) is 1.96. The van der Waals surface area contributed by atoms with Crippen LogP contribution >= 0.6 is 0 Å². The Morgan fingerprint density at radius 2 is 2.00 bits per heavy atom. The van der Waals surface area contributed by atoms with Crippen LogP contribution in [0.5, 0.6) is 0 Å². The van der Waals surface area contributed by atoms with Crippen molar-refractivity contribution < 1.29 is 9.31 Å². The number of hydrogen-bond donors (Lipinski definition) is 1. The lowest BCUT2D eigenvalue weighted by molar-refractivity contribution is -0.385. The number of anilines is 1. The molecule has 0 aliphatic heterocycles. The molecule has 0 saturated heterocycles. The fourth-order valence-electron chi connectivity index (χ4n) is 1.96. The van der Waals surface area contributed by atoms with Crippen molar-refractivity contribution in [2.75, 3.05) is 5.32 Å². The van der Waals surface area contributed by atoms with Gasteiger partial charge in [0.2, 0.25) is 0 Å². The van der Waals surface area contributed by atoms with E-state index in [0.717, 1.165) is 5.56 Å². The number of benzene rings is 2. The second kappa shape index (κ2) is 5.69. The number of nitro benzene ring substituents is 1. The highest BCUT2D eigenvalue weighted by molar-refractivity contribution is 5.49. The van der Waals surface area contributed by atoms with E-state index in [4.69, 9.17) is 0 Å². The highest BCUT2D eigenvalue weighted by Gasteiger charge is 2.12. The first-order chi connectivity index (χ1) is 9.49. The quantitative estimate of drug-likeness (QED) is 0.678. The van der Waals surface area contributed by atoms with E-state index in [1.54, 1.807) is 32.0 Å². The van der Waals surface area contributed by atoms with E-state index in [0.29, 0.717) is 23.4 Å². The molecule has 2 rings (SSSR count). The average Bonchev–Trinajstić information content (AvgIpc) is 2.41. The van der Waals surface area contributed by atoms with Crippen molar-refractivity contribution in [1.82, 2.24) is 0 Å². The van der Waals surface area contributed by atoms with E-state index in [1.807, 2.05) is 6.07 Å². The van der Waals surface area contributed by atoms with Gasteiger partial charge in [-0.15, -0.1) is 0 Å². The molecule has 104 valence electrons. The van der Waals surface area contributed by atoms with Crippen molar-refractivity contribution in [2.24, 2.45) is 0 Å². The summed E-state index contributed by atoms with van der Waals surface area (Å²) in [6, 6.07) is 9.84. The number of aryl methyl sites for hydroxylation is 1. The minimum absolute atomic E-state index is 0.0967. The predicted molar refractivity (Wildman–Crippen MR) is 76.3 cm³/mol.